The van der Waals surface area contributed by atoms with E-state index in [-0.39, 0.29) is 5.92 Å². The van der Waals surface area contributed by atoms with Crippen molar-refractivity contribution in [1.82, 2.24) is 0 Å². The average Bonchev–Trinajstić information content (AvgIpc) is 2.84. The first kappa shape index (κ1) is 23.4. The molecular formula is C30H38NO2+. The van der Waals surface area contributed by atoms with Gasteiger partial charge in [-0.05, 0) is 49.9 Å². The number of ether oxygens (including phenoxy) is 1. The summed E-state index contributed by atoms with van der Waals surface area (Å²) >= 11 is 0. The molecule has 3 atom stereocenters. The fraction of sp³-hybridized carbons (Fsp3) is 0.400. The number of piperidine rings is 1. The Balaban J connectivity index is 1.50. The molecule has 3 aromatic rings. The normalized spacial score (nSPS) is 21.5. The predicted molar refractivity (Wildman–Crippen MR) is 136 cm³/mol. The maximum atomic E-state index is 10.8. The lowest BCUT2D eigenvalue weighted by molar-refractivity contribution is -0.938. The number of aryl methyl sites for hydroxylation is 1. The number of aromatic hydroxyl groups is 1. The van der Waals surface area contributed by atoms with Gasteiger partial charge in [-0.15, -0.1) is 0 Å². The van der Waals surface area contributed by atoms with Crippen LogP contribution in [0.4, 0.5) is 0 Å². The summed E-state index contributed by atoms with van der Waals surface area (Å²) < 4.78 is 7.07. The molecule has 1 saturated heterocycles. The number of benzene rings is 3. The summed E-state index contributed by atoms with van der Waals surface area (Å²) in [7, 11) is 2.44. The van der Waals surface area contributed by atoms with Crippen molar-refractivity contribution >= 4 is 0 Å². The number of hydrogen-bond acceptors (Lipinski definition) is 2. The lowest BCUT2D eigenvalue weighted by Crippen LogP contribution is -2.56. The summed E-state index contributed by atoms with van der Waals surface area (Å²) in [6.45, 7) is 5.21. The lowest BCUT2D eigenvalue weighted by atomic mass is 9.81. The van der Waals surface area contributed by atoms with E-state index >= 15 is 0 Å². The van der Waals surface area contributed by atoms with Gasteiger partial charge in [0, 0.05) is 24.3 Å². The third-order valence-corrected chi connectivity index (χ3v) is 7.43. The van der Waals surface area contributed by atoms with Crippen molar-refractivity contribution in [2.24, 2.45) is 0 Å². The predicted octanol–water partition coefficient (Wildman–Crippen LogP) is 6.69. The number of phenols is 1. The Hall–Kier alpha value is -2.78. The van der Waals surface area contributed by atoms with Gasteiger partial charge in [0.25, 0.3) is 0 Å². The Morgan fingerprint density at radius 3 is 2.45 bits per heavy atom. The number of likely N-dealkylation sites (tertiary alicyclic amines) is 1. The summed E-state index contributed by atoms with van der Waals surface area (Å²) in [6, 6.07) is 27.5. The van der Waals surface area contributed by atoms with Crippen LogP contribution in [0.2, 0.25) is 0 Å². The molecule has 1 aliphatic heterocycles. The number of phenolic OH excluding ortho intramolecular Hbond substituents is 1. The van der Waals surface area contributed by atoms with Crippen molar-refractivity contribution in [2.45, 2.75) is 51.0 Å². The molecule has 33 heavy (non-hydrogen) atoms. The Bertz CT molecular complexity index is 1000. The first-order chi connectivity index (χ1) is 16.0. The van der Waals surface area contributed by atoms with Crippen molar-refractivity contribution < 1.29 is 14.3 Å². The summed E-state index contributed by atoms with van der Waals surface area (Å²) in [4.78, 5) is 0. The number of rotatable bonds is 9. The van der Waals surface area contributed by atoms with Crippen LogP contribution in [0.3, 0.4) is 0 Å². The van der Waals surface area contributed by atoms with E-state index in [1.165, 1.54) is 36.9 Å². The van der Waals surface area contributed by atoms with Gasteiger partial charge in [0.05, 0.1) is 32.8 Å². The molecule has 0 saturated carbocycles. The average molecular weight is 445 g/mol. The van der Waals surface area contributed by atoms with Crippen molar-refractivity contribution in [3.8, 4) is 11.5 Å². The Labute approximate surface area is 199 Å². The molecule has 0 aromatic heterocycles. The topological polar surface area (TPSA) is 29.5 Å². The van der Waals surface area contributed by atoms with Crippen LogP contribution in [0, 0.1) is 6.92 Å². The molecule has 3 heteroatoms. The molecule has 1 heterocycles. The first-order valence-electron chi connectivity index (χ1n) is 12.4. The van der Waals surface area contributed by atoms with Crippen LogP contribution in [-0.4, -0.2) is 42.4 Å². The second-order valence-corrected chi connectivity index (χ2v) is 9.85. The Morgan fingerprint density at radius 1 is 0.970 bits per heavy atom. The van der Waals surface area contributed by atoms with Crippen molar-refractivity contribution in [3.05, 3.63) is 95.6 Å². The van der Waals surface area contributed by atoms with Gasteiger partial charge in [-0.25, -0.2) is 0 Å². The smallest absolute Gasteiger partial charge is 0.119 e. The number of quaternary nitrogens is 1. The van der Waals surface area contributed by atoms with Gasteiger partial charge < -0.3 is 14.3 Å². The highest BCUT2D eigenvalue weighted by Crippen LogP contribution is 2.39. The van der Waals surface area contributed by atoms with Gasteiger partial charge in [-0.2, -0.15) is 0 Å². The van der Waals surface area contributed by atoms with E-state index in [0.717, 1.165) is 41.8 Å². The molecule has 3 unspecified atom stereocenters. The van der Waals surface area contributed by atoms with Crippen LogP contribution in [0.1, 0.15) is 54.7 Å². The SMILES string of the molecule is Cc1ccc(O)c(C(CC2CCCC[N+]2(C)CCCOc2ccccc2)c2ccccc2)c1. The summed E-state index contributed by atoms with van der Waals surface area (Å²) in [6.07, 6.45) is 5.93. The minimum absolute atomic E-state index is 0.201. The van der Waals surface area contributed by atoms with Crippen molar-refractivity contribution in [3.63, 3.8) is 0 Å². The van der Waals surface area contributed by atoms with E-state index in [1.807, 2.05) is 42.5 Å². The summed E-state index contributed by atoms with van der Waals surface area (Å²) in [5, 5.41) is 10.8. The minimum atomic E-state index is 0.201. The van der Waals surface area contributed by atoms with Crippen LogP contribution in [0.15, 0.2) is 78.9 Å². The highest BCUT2D eigenvalue weighted by Gasteiger charge is 2.37. The molecular weight excluding hydrogens is 406 g/mol. The molecule has 1 fully saturated rings. The third kappa shape index (κ3) is 5.97. The first-order valence-corrected chi connectivity index (χ1v) is 12.4. The molecule has 0 aliphatic carbocycles. The van der Waals surface area contributed by atoms with Crippen LogP contribution in [0.25, 0.3) is 0 Å². The van der Waals surface area contributed by atoms with Gasteiger partial charge in [0.1, 0.15) is 11.5 Å². The van der Waals surface area contributed by atoms with Crippen molar-refractivity contribution in [1.29, 1.82) is 0 Å². The van der Waals surface area contributed by atoms with Crippen molar-refractivity contribution in [2.75, 3.05) is 26.7 Å². The maximum absolute atomic E-state index is 10.8. The second-order valence-electron chi connectivity index (χ2n) is 9.85. The van der Waals surface area contributed by atoms with E-state index in [4.69, 9.17) is 4.74 Å². The van der Waals surface area contributed by atoms with Crippen LogP contribution < -0.4 is 4.74 Å². The highest BCUT2D eigenvalue weighted by atomic mass is 16.5. The standard InChI is InChI=1S/C30H37NO2/c1-24-17-18-30(32)29(22-24)28(25-12-5-3-6-13-25)23-26-14-9-10-19-31(26,2)20-11-21-33-27-15-7-4-8-16-27/h3-8,12-13,15-18,22,26,28H,9-11,14,19-21,23H2,1-2H3/p+1. The van der Waals surface area contributed by atoms with E-state index in [2.05, 4.69) is 50.4 Å². The zero-order valence-electron chi connectivity index (χ0n) is 20.1. The third-order valence-electron chi connectivity index (χ3n) is 7.43. The summed E-state index contributed by atoms with van der Waals surface area (Å²) in [5.41, 5.74) is 3.55. The number of hydrogen-bond donors (Lipinski definition) is 1. The largest absolute Gasteiger partial charge is 0.508 e. The van der Waals surface area contributed by atoms with Crippen LogP contribution in [-0.2, 0) is 0 Å². The zero-order valence-corrected chi connectivity index (χ0v) is 20.1. The minimum Gasteiger partial charge on any atom is -0.508 e. The van der Waals surface area contributed by atoms with E-state index in [9.17, 15) is 5.11 Å². The molecule has 174 valence electrons. The molecule has 0 radical (unpaired) electrons. The molecule has 4 rings (SSSR count). The lowest BCUT2D eigenvalue weighted by Gasteiger charge is -2.46. The van der Waals surface area contributed by atoms with Crippen LogP contribution >= 0.6 is 0 Å². The van der Waals surface area contributed by atoms with E-state index in [0.29, 0.717) is 11.8 Å². The molecule has 0 amide bonds. The fourth-order valence-electron chi connectivity index (χ4n) is 5.50. The van der Waals surface area contributed by atoms with Gasteiger partial charge in [-0.1, -0.05) is 66.2 Å². The quantitative estimate of drug-likeness (QED) is 0.294. The Kier molecular flexibility index (Phi) is 7.72. The molecule has 3 nitrogen and oxygen atoms in total. The monoisotopic (exact) mass is 444 g/mol. The second kappa shape index (κ2) is 10.9. The highest BCUT2D eigenvalue weighted by molar-refractivity contribution is 5.43. The molecule has 0 bridgehead atoms. The number of para-hydroxylation sites is 1. The van der Waals surface area contributed by atoms with E-state index < -0.39 is 0 Å². The maximum Gasteiger partial charge on any atom is 0.119 e. The van der Waals surface area contributed by atoms with Gasteiger partial charge in [-0.3, -0.25) is 0 Å². The van der Waals surface area contributed by atoms with Gasteiger partial charge in [0.15, 0.2) is 0 Å². The fourth-order valence-corrected chi connectivity index (χ4v) is 5.50. The Morgan fingerprint density at radius 2 is 1.70 bits per heavy atom. The van der Waals surface area contributed by atoms with Gasteiger partial charge >= 0.3 is 0 Å². The molecule has 3 aromatic carbocycles. The van der Waals surface area contributed by atoms with Crippen LogP contribution in [0.5, 0.6) is 11.5 Å². The zero-order chi connectivity index (χ0) is 23.1. The summed E-state index contributed by atoms with van der Waals surface area (Å²) in [5.74, 6) is 1.57. The number of nitrogens with zero attached hydrogens (tertiary/aromatic N) is 1. The molecule has 1 N–H and O–H groups in total. The van der Waals surface area contributed by atoms with Gasteiger partial charge in [0.2, 0.25) is 0 Å². The molecule has 1 aliphatic rings. The molecule has 0 spiro atoms. The van der Waals surface area contributed by atoms with E-state index in [1.54, 1.807) is 0 Å².